The SMILES string of the molecule is C[C@H]1CN(Cc2ccc3c(c2)C2(CC2)C(=O)N3C2CCC(=O)NC2=O)CCN1CC1CCNCC1. The third kappa shape index (κ3) is 4.19. The van der Waals surface area contributed by atoms with Gasteiger partial charge in [-0.25, -0.2) is 0 Å². The van der Waals surface area contributed by atoms with Crippen molar-refractivity contribution in [2.45, 2.75) is 69.5 Å². The number of amides is 3. The van der Waals surface area contributed by atoms with Crippen LogP contribution in [0.2, 0.25) is 0 Å². The monoisotopic (exact) mass is 479 g/mol. The normalized spacial score (nSPS) is 29.5. The van der Waals surface area contributed by atoms with E-state index in [4.69, 9.17) is 0 Å². The van der Waals surface area contributed by atoms with E-state index in [0.29, 0.717) is 12.5 Å². The van der Waals surface area contributed by atoms with Crippen LogP contribution in [-0.4, -0.2) is 78.9 Å². The Morgan fingerprint density at radius 3 is 2.57 bits per heavy atom. The Hall–Kier alpha value is -2.29. The van der Waals surface area contributed by atoms with E-state index in [9.17, 15) is 14.4 Å². The average molecular weight is 480 g/mol. The van der Waals surface area contributed by atoms with Crippen molar-refractivity contribution < 1.29 is 14.4 Å². The van der Waals surface area contributed by atoms with Crippen molar-refractivity contribution in [2.24, 2.45) is 5.92 Å². The molecule has 35 heavy (non-hydrogen) atoms. The first kappa shape index (κ1) is 23.1. The van der Waals surface area contributed by atoms with Crippen LogP contribution >= 0.6 is 0 Å². The third-order valence-corrected chi connectivity index (χ3v) is 8.94. The van der Waals surface area contributed by atoms with Gasteiger partial charge >= 0.3 is 0 Å². The molecule has 188 valence electrons. The number of imide groups is 1. The standard InChI is InChI=1S/C27H37N5O3/c1-18-15-30(12-13-31(18)17-19-6-10-28-11-7-19)16-20-2-3-22-21(14-20)27(8-9-27)26(35)32(22)23-4-5-24(33)29-25(23)34/h2-3,14,18-19,23,28H,4-13,15-17H2,1H3,(H,29,33,34)/t18-,23?/m0/s1. The maximum Gasteiger partial charge on any atom is 0.249 e. The number of piperidine rings is 2. The summed E-state index contributed by atoms with van der Waals surface area (Å²) in [5.41, 5.74) is 2.74. The summed E-state index contributed by atoms with van der Waals surface area (Å²) in [7, 11) is 0. The summed E-state index contributed by atoms with van der Waals surface area (Å²) in [6.45, 7) is 10.0. The Morgan fingerprint density at radius 2 is 1.86 bits per heavy atom. The zero-order valence-electron chi connectivity index (χ0n) is 20.7. The number of hydrogen-bond donors (Lipinski definition) is 2. The number of anilines is 1. The van der Waals surface area contributed by atoms with E-state index in [0.717, 1.165) is 69.3 Å². The van der Waals surface area contributed by atoms with Crippen LogP contribution in [0.15, 0.2) is 18.2 Å². The van der Waals surface area contributed by atoms with Gasteiger partial charge in [0, 0.05) is 50.9 Å². The van der Waals surface area contributed by atoms with E-state index < -0.39 is 11.5 Å². The van der Waals surface area contributed by atoms with Gasteiger partial charge in [-0.2, -0.15) is 0 Å². The van der Waals surface area contributed by atoms with Gasteiger partial charge in [-0.15, -0.1) is 0 Å². The summed E-state index contributed by atoms with van der Waals surface area (Å²) in [6, 6.07) is 6.35. The highest BCUT2D eigenvalue weighted by Gasteiger charge is 2.61. The maximum atomic E-state index is 13.5. The number of nitrogens with one attached hydrogen (secondary N) is 2. The van der Waals surface area contributed by atoms with Crippen molar-refractivity contribution in [1.82, 2.24) is 20.4 Å². The van der Waals surface area contributed by atoms with E-state index in [1.807, 2.05) is 6.07 Å². The minimum absolute atomic E-state index is 0.0410. The molecule has 8 heteroatoms. The molecule has 2 atom stereocenters. The summed E-state index contributed by atoms with van der Waals surface area (Å²) in [4.78, 5) is 44.5. The Morgan fingerprint density at radius 1 is 1.06 bits per heavy atom. The minimum Gasteiger partial charge on any atom is -0.317 e. The topological polar surface area (TPSA) is 85.0 Å². The highest BCUT2D eigenvalue weighted by atomic mass is 16.2. The predicted octanol–water partition coefficient (Wildman–Crippen LogP) is 1.38. The predicted molar refractivity (Wildman–Crippen MR) is 133 cm³/mol. The number of benzene rings is 1. The first-order chi connectivity index (χ1) is 16.9. The van der Waals surface area contributed by atoms with Crippen molar-refractivity contribution >= 4 is 23.4 Å². The fourth-order valence-electron chi connectivity index (χ4n) is 6.72. The lowest BCUT2D eigenvalue weighted by molar-refractivity contribution is -0.135. The zero-order valence-corrected chi connectivity index (χ0v) is 20.7. The molecule has 1 unspecified atom stereocenters. The zero-order chi connectivity index (χ0) is 24.2. The Kier molecular flexibility index (Phi) is 5.93. The lowest BCUT2D eigenvalue weighted by atomic mass is 9.95. The molecule has 1 saturated carbocycles. The smallest absolute Gasteiger partial charge is 0.249 e. The lowest BCUT2D eigenvalue weighted by Crippen LogP contribution is -2.54. The molecule has 4 fully saturated rings. The number of carbonyl (C=O) groups excluding carboxylic acids is 3. The highest BCUT2D eigenvalue weighted by molar-refractivity contribution is 6.15. The molecule has 1 aromatic carbocycles. The molecule has 1 aliphatic carbocycles. The minimum atomic E-state index is -0.585. The maximum absolute atomic E-state index is 13.5. The molecule has 5 aliphatic rings. The number of hydrogen-bond acceptors (Lipinski definition) is 6. The summed E-state index contributed by atoms with van der Waals surface area (Å²) in [5, 5.41) is 5.89. The van der Waals surface area contributed by atoms with Crippen molar-refractivity contribution in [1.29, 1.82) is 0 Å². The molecule has 4 aliphatic heterocycles. The summed E-state index contributed by atoms with van der Waals surface area (Å²) in [5.74, 6) is 0.263. The van der Waals surface area contributed by atoms with Gasteiger partial charge in [0.2, 0.25) is 17.7 Å². The van der Waals surface area contributed by atoms with Gasteiger partial charge in [0.05, 0.1) is 5.41 Å². The molecule has 3 saturated heterocycles. The van der Waals surface area contributed by atoms with Crippen LogP contribution in [0.25, 0.3) is 0 Å². The molecule has 8 nitrogen and oxygen atoms in total. The number of nitrogens with zero attached hydrogens (tertiary/aromatic N) is 3. The number of piperazine rings is 1. The number of rotatable bonds is 5. The van der Waals surface area contributed by atoms with Crippen LogP contribution in [0.5, 0.6) is 0 Å². The average Bonchev–Trinajstić information content (AvgIpc) is 3.62. The molecule has 1 spiro atoms. The van der Waals surface area contributed by atoms with Crippen LogP contribution in [0.3, 0.4) is 0 Å². The van der Waals surface area contributed by atoms with Crippen LogP contribution in [0.4, 0.5) is 5.69 Å². The summed E-state index contributed by atoms with van der Waals surface area (Å²) >= 11 is 0. The van der Waals surface area contributed by atoms with E-state index in [1.165, 1.54) is 24.9 Å². The van der Waals surface area contributed by atoms with Crippen molar-refractivity contribution in [2.75, 3.05) is 44.2 Å². The molecule has 0 radical (unpaired) electrons. The van der Waals surface area contributed by atoms with Gasteiger partial charge in [0.15, 0.2) is 0 Å². The Bertz CT molecular complexity index is 1030. The second kappa shape index (κ2) is 8.98. The van der Waals surface area contributed by atoms with Crippen molar-refractivity contribution in [3.63, 3.8) is 0 Å². The highest BCUT2D eigenvalue weighted by Crippen LogP contribution is 2.58. The van der Waals surface area contributed by atoms with Gasteiger partial charge in [0.25, 0.3) is 0 Å². The Labute approximate surface area is 207 Å². The van der Waals surface area contributed by atoms with Crippen LogP contribution in [0, 0.1) is 5.92 Å². The number of fused-ring (bicyclic) bond motifs is 2. The fraction of sp³-hybridized carbons (Fsp3) is 0.667. The van der Waals surface area contributed by atoms with Gasteiger partial charge in [0.1, 0.15) is 6.04 Å². The molecule has 4 heterocycles. The van der Waals surface area contributed by atoms with Crippen molar-refractivity contribution in [3.8, 4) is 0 Å². The van der Waals surface area contributed by atoms with E-state index in [2.05, 4.69) is 39.5 Å². The van der Waals surface area contributed by atoms with E-state index in [-0.39, 0.29) is 24.1 Å². The molecule has 2 N–H and O–H groups in total. The molecular formula is C27H37N5O3. The molecular weight excluding hydrogens is 442 g/mol. The number of carbonyl (C=O) groups is 3. The molecule has 3 amide bonds. The van der Waals surface area contributed by atoms with Gasteiger partial charge in [-0.1, -0.05) is 12.1 Å². The molecule has 0 aromatic heterocycles. The first-order valence-corrected chi connectivity index (χ1v) is 13.4. The van der Waals surface area contributed by atoms with Gasteiger partial charge < -0.3 is 5.32 Å². The molecule has 6 rings (SSSR count). The quantitative estimate of drug-likeness (QED) is 0.621. The van der Waals surface area contributed by atoms with Crippen LogP contribution < -0.4 is 15.5 Å². The molecule has 0 bridgehead atoms. The second-order valence-electron chi connectivity index (χ2n) is 11.3. The second-order valence-corrected chi connectivity index (χ2v) is 11.3. The Balaban J connectivity index is 1.14. The van der Waals surface area contributed by atoms with E-state index in [1.54, 1.807) is 4.90 Å². The first-order valence-electron chi connectivity index (χ1n) is 13.4. The van der Waals surface area contributed by atoms with Crippen molar-refractivity contribution in [3.05, 3.63) is 29.3 Å². The van der Waals surface area contributed by atoms with Crippen LogP contribution in [0.1, 0.15) is 56.6 Å². The molecule has 1 aromatic rings. The van der Waals surface area contributed by atoms with Crippen LogP contribution in [-0.2, 0) is 26.3 Å². The largest absolute Gasteiger partial charge is 0.317 e. The third-order valence-electron chi connectivity index (χ3n) is 8.94. The summed E-state index contributed by atoms with van der Waals surface area (Å²) < 4.78 is 0. The lowest BCUT2D eigenvalue weighted by Gasteiger charge is -2.42. The summed E-state index contributed by atoms with van der Waals surface area (Å²) in [6.07, 6.45) is 4.95. The fourth-order valence-corrected chi connectivity index (χ4v) is 6.72. The van der Waals surface area contributed by atoms with E-state index >= 15 is 0 Å². The van der Waals surface area contributed by atoms with Gasteiger partial charge in [-0.05, 0) is 75.2 Å². The van der Waals surface area contributed by atoms with Gasteiger partial charge in [-0.3, -0.25) is 34.4 Å².